The Morgan fingerprint density at radius 1 is 1.04 bits per heavy atom. The van der Waals surface area contributed by atoms with E-state index in [1.807, 2.05) is 36.4 Å². The second-order valence-corrected chi connectivity index (χ2v) is 7.42. The summed E-state index contributed by atoms with van der Waals surface area (Å²) in [6, 6.07) is 16.2. The van der Waals surface area contributed by atoms with E-state index < -0.39 is 0 Å². The molecule has 0 fully saturated rings. The molecule has 1 aromatic carbocycles. The number of nitrogens with one attached hydrogen (secondary N) is 1. The predicted octanol–water partition coefficient (Wildman–Crippen LogP) is 4.21. The number of hydrogen-bond acceptors (Lipinski definition) is 6. The van der Waals surface area contributed by atoms with Crippen molar-refractivity contribution in [2.24, 2.45) is 0 Å². The highest BCUT2D eigenvalue weighted by Crippen LogP contribution is 2.40. The summed E-state index contributed by atoms with van der Waals surface area (Å²) < 4.78 is 0. The molecule has 2 N–H and O–H groups in total. The second-order valence-electron chi connectivity index (χ2n) is 6.22. The smallest absolute Gasteiger partial charge is 0.139 e. The predicted molar refractivity (Wildman–Crippen MR) is 110 cm³/mol. The molecule has 0 aliphatic carbocycles. The largest absolute Gasteiger partial charge is 0.396 e. The number of pyridine rings is 1. The lowest BCUT2D eigenvalue weighted by Gasteiger charge is -2.10. The summed E-state index contributed by atoms with van der Waals surface area (Å²) in [6.07, 6.45) is 2.22. The van der Waals surface area contributed by atoms with E-state index in [4.69, 9.17) is 4.98 Å². The maximum absolute atomic E-state index is 9.32. The Labute approximate surface area is 161 Å². The van der Waals surface area contributed by atoms with Crippen LogP contribution in [0, 0.1) is 6.92 Å². The number of aliphatic hydroxyl groups is 1. The van der Waals surface area contributed by atoms with Gasteiger partial charge in [0.15, 0.2) is 0 Å². The molecule has 3 heterocycles. The van der Waals surface area contributed by atoms with E-state index >= 15 is 0 Å². The quantitative estimate of drug-likeness (QED) is 0.527. The normalized spacial score (nSPS) is 11.0. The third-order valence-electron chi connectivity index (χ3n) is 4.33. The fraction of sp³-hybridized carbons (Fsp3) is 0.190. The van der Waals surface area contributed by atoms with Gasteiger partial charge in [-0.25, -0.2) is 9.97 Å². The first kappa shape index (κ1) is 17.6. The molecule has 4 rings (SSSR count). The zero-order valence-electron chi connectivity index (χ0n) is 15.0. The van der Waals surface area contributed by atoms with Gasteiger partial charge in [-0.15, -0.1) is 11.3 Å². The molecular weight excluding hydrogens is 356 g/mol. The van der Waals surface area contributed by atoms with Crippen molar-refractivity contribution in [3.05, 3.63) is 71.1 Å². The summed E-state index contributed by atoms with van der Waals surface area (Å²) in [5.74, 6) is 1.44. The molecular formula is C21H20N4OS. The summed E-state index contributed by atoms with van der Waals surface area (Å²) in [5.41, 5.74) is 3.26. The summed E-state index contributed by atoms with van der Waals surface area (Å²) in [6.45, 7) is 2.72. The minimum absolute atomic E-state index is 0.0289. The average Bonchev–Trinajstić information content (AvgIpc) is 3.03. The first-order valence-corrected chi connectivity index (χ1v) is 9.68. The van der Waals surface area contributed by atoms with Crippen LogP contribution in [0.25, 0.3) is 21.3 Å². The zero-order valence-corrected chi connectivity index (χ0v) is 15.8. The molecule has 0 aliphatic heterocycles. The summed E-state index contributed by atoms with van der Waals surface area (Å²) >= 11 is 1.66. The second kappa shape index (κ2) is 7.82. The van der Waals surface area contributed by atoms with Crippen molar-refractivity contribution in [1.82, 2.24) is 15.0 Å². The van der Waals surface area contributed by atoms with Gasteiger partial charge < -0.3 is 10.4 Å². The van der Waals surface area contributed by atoms with Crippen LogP contribution >= 0.6 is 11.3 Å². The van der Waals surface area contributed by atoms with Crippen LogP contribution in [-0.4, -0.2) is 26.7 Å². The Bertz CT molecular complexity index is 1050. The van der Waals surface area contributed by atoms with E-state index in [2.05, 4.69) is 34.3 Å². The number of aromatic nitrogens is 3. The Kier molecular flexibility index (Phi) is 5.09. The topological polar surface area (TPSA) is 70.9 Å². The monoisotopic (exact) mass is 376 g/mol. The average molecular weight is 376 g/mol. The Balaban J connectivity index is 1.83. The van der Waals surface area contributed by atoms with Gasteiger partial charge in [-0.05, 0) is 24.6 Å². The van der Waals surface area contributed by atoms with Gasteiger partial charge in [0.05, 0.1) is 24.2 Å². The maximum atomic E-state index is 9.32. The van der Waals surface area contributed by atoms with Gasteiger partial charge in [0.2, 0.25) is 0 Å². The lowest BCUT2D eigenvalue weighted by atomic mass is 10.0. The number of hydrogen-bond donors (Lipinski definition) is 2. The van der Waals surface area contributed by atoms with Crippen molar-refractivity contribution >= 4 is 27.4 Å². The molecule has 0 radical (unpaired) electrons. The van der Waals surface area contributed by atoms with Crippen molar-refractivity contribution in [2.75, 3.05) is 11.9 Å². The maximum Gasteiger partial charge on any atom is 0.139 e. The molecule has 5 nitrogen and oxygen atoms in total. The van der Waals surface area contributed by atoms with Crippen molar-refractivity contribution < 1.29 is 5.11 Å². The lowest BCUT2D eigenvalue weighted by Crippen LogP contribution is -2.07. The molecule has 136 valence electrons. The molecule has 0 spiro atoms. The number of aryl methyl sites for hydroxylation is 1. The fourth-order valence-electron chi connectivity index (χ4n) is 3.12. The van der Waals surface area contributed by atoms with Gasteiger partial charge in [0.1, 0.15) is 16.5 Å². The molecule has 0 unspecified atom stereocenters. The highest BCUT2D eigenvalue weighted by Gasteiger charge is 2.18. The van der Waals surface area contributed by atoms with E-state index in [1.54, 1.807) is 17.5 Å². The molecule has 6 heteroatoms. The lowest BCUT2D eigenvalue weighted by molar-refractivity contribution is 0.297. The molecule has 3 aromatic heterocycles. The summed E-state index contributed by atoms with van der Waals surface area (Å²) in [5, 5.41) is 13.8. The van der Waals surface area contributed by atoms with Crippen LogP contribution in [0.1, 0.15) is 16.4 Å². The van der Waals surface area contributed by atoms with E-state index in [9.17, 15) is 5.11 Å². The number of nitrogens with zero attached hydrogens (tertiary/aromatic N) is 3. The van der Waals surface area contributed by atoms with Crippen molar-refractivity contribution in [2.45, 2.75) is 19.9 Å². The Morgan fingerprint density at radius 3 is 2.59 bits per heavy atom. The van der Waals surface area contributed by atoms with Gasteiger partial charge in [-0.1, -0.05) is 36.4 Å². The molecule has 0 saturated heterocycles. The van der Waals surface area contributed by atoms with Gasteiger partial charge in [0.25, 0.3) is 0 Å². The highest BCUT2D eigenvalue weighted by atomic mass is 32.1. The summed E-state index contributed by atoms with van der Waals surface area (Å²) in [4.78, 5) is 15.9. The van der Waals surface area contributed by atoms with Gasteiger partial charge in [-0.2, -0.15) is 0 Å². The van der Waals surface area contributed by atoms with E-state index in [0.717, 1.165) is 32.9 Å². The highest BCUT2D eigenvalue weighted by molar-refractivity contribution is 7.19. The number of thiophene rings is 1. The van der Waals surface area contributed by atoms with E-state index in [1.165, 1.54) is 4.88 Å². The van der Waals surface area contributed by atoms with Crippen LogP contribution < -0.4 is 5.32 Å². The van der Waals surface area contributed by atoms with Crippen LogP contribution in [0.3, 0.4) is 0 Å². The first-order chi connectivity index (χ1) is 13.3. The third-order valence-corrected chi connectivity index (χ3v) is 5.33. The molecule has 0 atom stereocenters. The first-order valence-electron chi connectivity index (χ1n) is 8.86. The number of aliphatic hydroxyl groups excluding tert-OH is 1. The molecule has 0 amide bonds. The van der Waals surface area contributed by atoms with Crippen LogP contribution in [0.4, 0.5) is 5.82 Å². The van der Waals surface area contributed by atoms with E-state index in [-0.39, 0.29) is 6.61 Å². The van der Waals surface area contributed by atoms with Gasteiger partial charge >= 0.3 is 0 Å². The van der Waals surface area contributed by atoms with Gasteiger partial charge in [-0.3, -0.25) is 4.98 Å². The van der Waals surface area contributed by atoms with Crippen LogP contribution in [0.2, 0.25) is 0 Å². The number of fused-ring (bicyclic) bond motifs is 1. The van der Waals surface area contributed by atoms with E-state index in [0.29, 0.717) is 18.8 Å². The summed E-state index contributed by atoms with van der Waals surface area (Å²) in [7, 11) is 0. The fourth-order valence-corrected chi connectivity index (χ4v) is 4.19. The third kappa shape index (κ3) is 3.67. The molecule has 27 heavy (non-hydrogen) atoms. The molecule has 0 aliphatic rings. The Hall–Kier alpha value is -2.83. The zero-order chi connectivity index (χ0) is 18.6. The van der Waals surface area contributed by atoms with Gasteiger partial charge in [0, 0.05) is 23.1 Å². The minimum Gasteiger partial charge on any atom is -0.396 e. The van der Waals surface area contributed by atoms with Crippen molar-refractivity contribution in [3.8, 4) is 11.1 Å². The molecule has 0 saturated carbocycles. The Morgan fingerprint density at radius 2 is 1.85 bits per heavy atom. The van der Waals surface area contributed by atoms with Crippen LogP contribution in [-0.2, 0) is 13.0 Å². The molecule has 4 aromatic rings. The minimum atomic E-state index is 0.0289. The number of benzene rings is 1. The van der Waals surface area contributed by atoms with Crippen molar-refractivity contribution in [1.29, 1.82) is 0 Å². The van der Waals surface area contributed by atoms with Crippen LogP contribution in [0.15, 0.2) is 54.7 Å². The van der Waals surface area contributed by atoms with Crippen molar-refractivity contribution in [3.63, 3.8) is 0 Å². The number of anilines is 1. The van der Waals surface area contributed by atoms with Crippen LogP contribution in [0.5, 0.6) is 0 Å². The molecule has 0 bridgehead atoms. The SMILES string of the molecule is Cc1sc2nc(CCO)nc(NCc3ccccn3)c2c1-c1ccccc1. The number of rotatable bonds is 6. The standard InChI is InChI=1S/C21H20N4OS/c1-14-18(15-7-3-2-4-8-15)19-20(23-13-16-9-5-6-11-22-16)24-17(10-12-26)25-21(19)27-14/h2-9,11,26H,10,12-13H2,1H3,(H,23,24,25).